The van der Waals surface area contributed by atoms with E-state index in [2.05, 4.69) is 23.7 Å². The molecule has 2 rings (SSSR count). The smallest absolute Gasteiger partial charge is 0.315 e. The summed E-state index contributed by atoms with van der Waals surface area (Å²) in [4.78, 5) is 18.3. The molecule has 1 aromatic rings. The lowest BCUT2D eigenvalue weighted by molar-refractivity contribution is -0.146. The summed E-state index contributed by atoms with van der Waals surface area (Å²) < 4.78 is 0. The number of nitrogens with zero attached hydrogens (tertiary/aromatic N) is 2. The number of pyridine rings is 1. The maximum Gasteiger partial charge on any atom is 0.315 e. The molecular weight excluding hydrogens is 228 g/mol. The average Bonchev–Trinajstić information content (AvgIpc) is 2.39. The molecule has 18 heavy (non-hydrogen) atoms. The lowest BCUT2D eigenvalue weighted by atomic mass is 9.75. The van der Waals surface area contributed by atoms with Gasteiger partial charge in [0.1, 0.15) is 5.41 Å². The molecule has 1 aliphatic rings. The van der Waals surface area contributed by atoms with Crippen molar-refractivity contribution in [3.63, 3.8) is 0 Å². The van der Waals surface area contributed by atoms with Gasteiger partial charge in [-0.15, -0.1) is 0 Å². The third-order valence-corrected chi connectivity index (χ3v) is 3.95. The van der Waals surface area contributed by atoms with Gasteiger partial charge in [-0.25, -0.2) is 0 Å². The van der Waals surface area contributed by atoms with E-state index in [1.54, 1.807) is 6.20 Å². The van der Waals surface area contributed by atoms with Crippen molar-refractivity contribution in [1.29, 1.82) is 0 Å². The Balaban J connectivity index is 2.24. The first-order chi connectivity index (χ1) is 8.56. The Labute approximate surface area is 108 Å². The first-order valence-electron chi connectivity index (χ1n) is 6.45. The molecular formula is C14H20N2O2. The second-order valence-electron chi connectivity index (χ2n) is 5.23. The number of hydrogen-bond acceptors (Lipinski definition) is 3. The molecule has 0 atom stereocenters. The maximum absolute atomic E-state index is 11.7. The number of rotatable bonds is 3. The molecule has 1 N–H and O–H groups in total. The van der Waals surface area contributed by atoms with Crippen LogP contribution in [-0.2, 0) is 10.2 Å². The predicted molar refractivity (Wildman–Crippen MR) is 69.5 cm³/mol. The monoisotopic (exact) mass is 248 g/mol. The topological polar surface area (TPSA) is 53.4 Å². The summed E-state index contributed by atoms with van der Waals surface area (Å²) in [5, 5.41) is 9.61. The van der Waals surface area contributed by atoms with Crippen molar-refractivity contribution in [1.82, 2.24) is 9.88 Å². The number of aromatic nitrogens is 1. The minimum Gasteiger partial charge on any atom is -0.481 e. The molecule has 4 heteroatoms. The zero-order valence-corrected chi connectivity index (χ0v) is 11.0. The molecule has 0 aliphatic carbocycles. The van der Waals surface area contributed by atoms with Crippen molar-refractivity contribution in [2.75, 3.05) is 13.1 Å². The Morgan fingerprint density at radius 2 is 2.06 bits per heavy atom. The molecule has 0 aromatic carbocycles. The fourth-order valence-corrected chi connectivity index (χ4v) is 2.65. The number of likely N-dealkylation sites (tertiary alicyclic amines) is 1. The van der Waals surface area contributed by atoms with E-state index in [4.69, 9.17) is 0 Å². The maximum atomic E-state index is 11.7. The Hall–Kier alpha value is -1.42. The minimum absolute atomic E-state index is 0.473. The van der Waals surface area contributed by atoms with E-state index in [-0.39, 0.29) is 0 Å². The molecule has 98 valence electrons. The van der Waals surface area contributed by atoms with Crippen LogP contribution in [-0.4, -0.2) is 40.1 Å². The normalized spacial score (nSPS) is 19.9. The first kappa shape index (κ1) is 13.0. The largest absolute Gasteiger partial charge is 0.481 e. The van der Waals surface area contributed by atoms with Gasteiger partial charge in [-0.3, -0.25) is 9.78 Å². The zero-order chi connectivity index (χ0) is 13.2. The summed E-state index contributed by atoms with van der Waals surface area (Å²) in [6, 6.07) is 5.99. The van der Waals surface area contributed by atoms with Gasteiger partial charge in [0.15, 0.2) is 0 Å². The molecule has 1 aromatic heterocycles. The van der Waals surface area contributed by atoms with Crippen LogP contribution in [0, 0.1) is 0 Å². The van der Waals surface area contributed by atoms with Crippen LogP contribution in [0.15, 0.2) is 24.4 Å². The molecule has 0 spiro atoms. The number of carboxylic acid groups (broad SMARTS) is 1. The molecule has 1 aliphatic heterocycles. The van der Waals surface area contributed by atoms with Crippen LogP contribution < -0.4 is 0 Å². The average molecular weight is 248 g/mol. The Morgan fingerprint density at radius 1 is 1.39 bits per heavy atom. The summed E-state index contributed by atoms with van der Waals surface area (Å²) in [5.41, 5.74) is -0.104. The summed E-state index contributed by atoms with van der Waals surface area (Å²) in [6.07, 6.45) is 2.95. The van der Waals surface area contributed by atoms with E-state index >= 15 is 0 Å². The van der Waals surface area contributed by atoms with Crippen LogP contribution >= 0.6 is 0 Å². The fraction of sp³-hybridized carbons (Fsp3) is 0.571. The number of carboxylic acids is 1. The van der Waals surface area contributed by atoms with Crippen molar-refractivity contribution >= 4 is 5.97 Å². The van der Waals surface area contributed by atoms with Crippen molar-refractivity contribution in [3.05, 3.63) is 30.1 Å². The van der Waals surface area contributed by atoms with Gasteiger partial charge >= 0.3 is 5.97 Å². The Bertz CT molecular complexity index is 409. The van der Waals surface area contributed by atoms with Gasteiger partial charge in [-0.1, -0.05) is 6.07 Å². The third-order valence-electron chi connectivity index (χ3n) is 3.95. The minimum atomic E-state index is -0.799. The third kappa shape index (κ3) is 2.25. The van der Waals surface area contributed by atoms with Gasteiger partial charge in [0.05, 0.1) is 5.69 Å². The van der Waals surface area contributed by atoms with Crippen LogP contribution in [0.25, 0.3) is 0 Å². The second-order valence-corrected chi connectivity index (χ2v) is 5.23. The van der Waals surface area contributed by atoms with E-state index in [1.165, 1.54) is 0 Å². The lowest BCUT2D eigenvalue weighted by Gasteiger charge is -2.40. The van der Waals surface area contributed by atoms with Gasteiger partial charge in [-0.2, -0.15) is 0 Å². The van der Waals surface area contributed by atoms with Crippen molar-refractivity contribution in [2.24, 2.45) is 0 Å². The van der Waals surface area contributed by atoms with E-state index in [0.29, 0.717) is 24.6 Å². The van der Waals surface area contributed by atoms with Gasteiger partial charge < -0.3 is 10.0 Å². The summed E-state index contributed by atoms with van der Waals surface area (Å²) in [7, 11) is 0. The van der Waals surface area contributed by atoms with Gasteiger partial charge in [0.2, 0.25) is 0 Å². The standard InChI is InChI=1S/C14H20N2O2/c1-11(2)16-9-6-14(7-10-16,13(17)18)12-5-3-4-8-15-12/h3-5,8,11H,6-7,9-10H2,1-2H3,(H,17,18). The SMILES string of the molecule is CC(C)N1CCC(C(=O)O)(c2ccccn2)CC1. The highest BCUT2D eigenvalue weighted by Gasteiger charge is 2.44. The Morgan fingerprint density at radius 3 is 2.50 bits per heavy atom. The quantitative estimate of drug-likeness (QED) is 0.887. The fourth-order valence-electron chi connectivity index (χ4n) is 2.65. The van der Waals surface area contributed by atoms with E-state index < -0.39 is 11.4 Å². The predicted octanol–water partition coefficient (Wildman–Crippen LogP) is 1.91. The zero-order valence-electron chi connectivity index (χ0n) is 11.0. The van der Waals surface area contributed by atoms with Crippen molar-refractivity contribution in [3.8, 4) is 0 Å². The molecule has 2 heterocycles. The van der Waals surface area contributed by atoms with Gasteiger partial charge in [-0.05, 0) is 51.9 Å². The summed E-state index contributed by atoms with van der Waals surface area (Å²) in [5.74, 6) is -0.746. The first-order valence-corrected chi connectivity index (χ1v) is 6.45. The van der Waals surface area contributed by atoms with E-state index in [1.807, 2.05) is 18.2 Å². The van der Waals surface area contributed by atoms with Crippen LogP contribution in [0.5, 0.6) is 0 Å². The molecule has 0 saturated carbocycles. The molecule has 0 bridgehead atoms. The van der Waals surface area contributed by atoms with Crippen LogP contribution in [0.2, 0.25) is 0 Å². The van der Waals surface area contributed by atoms with Crippen LogP contribution in [0.4, 0.5) is 0 Å². The highest BCUT2D eigenvalue weighted by Crippen LogP contribution is 2.35. The highest BCUT2D eigenvalue weighted by atomic mass is 16.4. The van der Waals surface area contributed by atoms with E-state index in [9.17, 15) is 9.90 Å². The van der Waals surface area contributed by atoms with Crippen molar-refractivity contribution in [2.45, 2.75) is 38.1 Å². The van der Waals surface area contributed by atoms with Gasteiger partial charge in [0.25, 0.3) is 0 Å². The number of carbonyl (C=O) groups is 1. The lowest BCUT2D eigenvalue weighted by Crippen LogP contribution is -2.49. The number of piperidine rings is 1. The van der Waals surface area contributed by atoms with Gasteiger partial charge in [0, 0.05) is 12.2 Å². The summed E-state index contributed by atoms with van der Waals surface area (Å²) >= 11 is 0. The van der Waals surface area contributed by atoms with Crippen LogP contribution in [0.1, 0.15) is 32.4 Å². The molecule has 0 unspecified atom stereocenters. The van der Waals surface area contributed by atoms with Crippen LogP contribution in [0.3, 0.4) is 0 Å². The second kappa shape index (κ2) is 5.06. The summed E-state index contributed by atoms with van der Waals surface area (Å²) in [6.45, 7) is 5.93. The molecule has 1 saturated heterocycles. The number of hydrogen-bond donors (Lipinski definition) is 1. The molecule has 0 radical (unpaired) electrons. The molecule has 0 amide bonds. The molecule has 1 fully saturated rings. The molecule has 4 nitrogen and oxygen atoms in total. The van der Waals surface area contributed by atoms with E-state index in [0.717, 1.165) is 13.1 Å². The highest BCUT2D eigenvalue weighted by molar-refractivity contribution is 5.80. The number of aliphatic carboxylic acids is 1. The Kier molecular flexibility index (Phi) is 3.66. The van der Waals surface area contributed by atoms with Crippen molar-refractivity contribution < 1.29 is 9.90 Å².